The summed E-state index contributed by atoms with van der Waals surface area (Å²) in [6.07, 6.45) is 1.93. The van der Waals surface area contributed by atoms with Crippen LogP contribution in [0.15, 0.2) is 0 Å². The van der Waals surface area contributed by atoms with Gasteiger partial charge in [0.2, 0.25) is 10.0 Å². The standard InChI is InChI=1S/C8H18N2O3S/c1-13-6-5-10(8-2-3-8)14(11,12)7-4-9/h8H,2-7,9H2,1H3. The van der Waals surface area contributed by atoms with Crippen molar-refractivity contribution in [2.24, 2.45) is 5.73 Å². The van der Waals surface area contributed by atoms with Crippen LogP contribution < -0.4 is 5.73 Å². The fourth-order valence-electron chi connectivity index (χ4n) is 1.36. The molecule has 0 atom stereocenters. The number of nitrogens with zero attached hydrogens (tertiary/aromatic N) is 1. The van der Waals surface area contributed by atoms with E-state index in [1.807, 2.05) is 0 Å². The van der Waals surface area contributed by atoms with Gasteiger partial charge in [0.15, 0.2) is 0 Å². The summed E-state index contributed by atoms with van der Waals surface area (Å²) in [4.78, 5) is 0. The Morgan fingerprint density at radius 1 is 1.50 bits per heavy atom. The molecule has 0 radical (unpaired) electrons. The van der Waals surface area contributed by atoms with E-state index < -0.39 is 10.0 Å². The van der Waals surface area contributed by atoms with E-state index in [-0.39, 0.29) is 18.3 Å². The summed E-state index contributed by atoms with van der Waals surface area (Å²) in [5, 5.41) is 0. The highest BCUT2D eigenvalue weighted by Crippen LogP contribution is 2.28. The Kier molecular flexibility index (Phi) is 4.31. The molecule has 1 aliphatic rings. The van der Waals surface area contributed by atoms with Crippen molar-refractivity contribution in [3.05, 3.63) is 0 Å². The Morgan fingerprint density at radius 2 is 2.14 bits per heavy atom. The molecule has 0 aromatic heterocycles. The molecule has 14 heavy (non-hydrogen) atoms. The lowest BCUT2D eigenvalue weighted by Gasteiger charge is -2.20. The van der Waals surface area contributed by atoms with Crippen molar-refractivity contribution >= 4 is 10.0 Å². The van der Waals surface area contributed by atoms with Crippen LogP contribution in [0.5, 0.6) is 0 Å². The number of rotatable bonds is 7. The number of hydrogen-bond donors (Lipinski definition) is 1. The summed E-state index contributed by atoms with van der Waals surface area (Å²) >= 11 is 0. The van der Waals surface area contributed by atoms with Crippen molar-refractivity contribution in [1.82, 2.24) is 4.31 Å². The van der Waals surface area contributed by atoms with Crippen LogP contribution in [0.4, 0.5) is 0 Å². The van der Waals surface area contributed by atoms with Gasteiger partial charge in [-0.15, -0.1) is 0 Å². The van der Waals surface area contributed by atoms with Crippen molar-refractivity contribution in [2.75, 3.05) is 32.6 Å². The van der Waals surface area contributed by atoms with Gasteiger partial charge in [0, 0.05) is 26.2 Å². The zero-order chi connectivity index (χ0) is 10.6. The molecule has 6 heteroatoms. The average molecular weight is 222 g/mol. The van der Waals surface area contributed by atoms with E-state index in [1.165, 1.54) is 4.31 Å². The largest absolute Gasteiger partial charge is 0.383 e. The highest BCUT2D eigenvalue weighted by atomic mass is 32.2. The maximum Gasteiger partial charge on any atom is 0.215 e. The molecular weight excluding hydrogens is 204 g/mol. The fraction of sp³-hybridized carbons (Fsp3) is 1.00. The summed E-state index contributed by atoms with van der Waals surface area (Å²) in [5.74, 6) is 0.0349. The van der Waals surface area contributed by atoms with Crippen LogP contribution >= 0.6 is 0 Å². The number of methoxy groups -OCH3 is 1. The zero-order valence-corrected chi connectivity index (χ0v) is 9.29. The lowest BCUT2D eigenvalue weighted by molar-refractivity contribution is 0.177. The lowest BCUT2D eigenvalue weighted by Crippen LogP contribution is -2.39. The number of nitrogens with two attached hydrogens (primary N) is 1. The predicted octanol–water partition coefficient (Wildman–Crippen LogP) is -0.614. The number of hydrogen-bond acceptors (Lipinski definition) is 4. The van der Waals surface area contributed by atoms with Gasteiger partial charge in [-0.3, -0.25) is 0 Å². The first-order chi connectivity index (χ1) is 6.61. The Bertz CT molecular complexity index is 262. The van der Waals surface area contributed by atoms with E-state index >= 15 is 0 Å². The quantitative estimate of drug-likeness (QED) is 0.623. The minimum atomic E-state index is -3.15. The zero-order valence-electron chi connectivity index (χ0n) is 8.48. The smallest absolute Gasteiger partial charge is 0.215 e. The van der Waals surface area contributed by atoms with Crippen LogP contribution in [0.2, 0.25) is 0 Å². The highest BCUT2D eigenvalue weighted by Gasteiger charge is 2.36. The second-order valence-electron chi connectivity index (χ2n) is 3.44. The van der Waals surface area contributed by atoms with E-state index in [0.717, 1.165) is 12.8 Å². The van der Waals surface area contributed by atoms with E-state index in [9.17, 15) is 8.42 Å². The second kappa shape index (κ2) is 5.06. The third-order valence-corrected chi connectivity index (χ3v) is 4.15. The SMILES string of the molecule is COCCN(C1CC1)S(=O)(=O)CCN. The first-order valence-corrected chi connectivity index (χ1v) is 6.41. The average Bonchev–Trinajstić information content (AvgIpc) is 2.88. The molecular formula is C8H18N2O3S. The van der Waals surface area contributed by atoms with Gasteiger partial charge in [0.05, 0.1) is 12.4 Å². The van der Waals surface area contributed by atoms with E-state index in [1.54, 1.807) is 7.11 Å². The Balaban J connectivity index is 2.56. The van der Waals surface area contributed by atoms with Crippen LogP contribution in [0.3, 0.4) is 0 Å². The lowest BCUT2D eigenvalue weighted by atomic mass is 10.6. The van der Waals surface area contributed by atoms with Gasteiger partial charge in [-0.1, -0.05) is 0 Å². The van der Waals surface area contributed by atoms with Gasteiger partial charge in [-0.25, -0.2) is 8.42 Å². The fourth-order valence-corrected chi connectivity index (χ4v) is 2.91. The molecule has 0 saturated heterocycles. The summed E-state index contributed by atoms with van der Waals surface area (Å²) in [5.41, 5.74) is 5.26. The van der Waals surface area contributed by atoms with Gasteiger partial charge in [-0.2, -0.15) is 4.31 Å². The molecule has 1 fully saturated rings. The maximum absolute atomic E-state index is 11.7. The Labute approximate surface area is 85.3 Å². The van der Waals surface area contributed by atoms with Gasteiger partial charge in [0.25, 0.3) is 0 Å². The van der Waals surface area contributed by atoms with E-state index in [0.29, 0.717) is 13.2 Å². The van der Waals surface area contributed by atoms with Crippen molar-refractivity contribution in [3.8, 4) is 0 Å². The van der Waals surface area contributed by atoms with Crippen molar-refractivity contribution < 1.29 is 13.2 Å². The molecule has 84 valence electrons. The van der Waals surface area contributed by atoms with Crippen LogP contribution in [0, 0.1) is 0 Å². The Morgan fingerprint density at radius 3 is 2.57 bits per heavy atom. The van der Waals surface area contributed by atoms with Crippen molar-refractivity contribution in [3.63, 3.8) is 0 Å². The molecule has 0 spiro atoms. The number of sulfonamides is 1. The number of ether oxygens (including phenoxy) is 1. The first kappa shape index (κ1) is 11.9. The Hall–Kier alpha value is -0.170. The van der Waals surface area contributed by atoms with Crippen LogP contribution in [0.25, 0.3) is 0 Å². The molecule has 0 unspecified atom stereocenters. The van der Waals surface area contributed by atoms with E-state index in [4.69, 9.17) is 10.5 Å². The third kappa shape index (κ3) is 3.20. The van der Waals surface area contributed by atoms with E-state index in [2.05, 4.69) is 0 Å². The summed E-state index contributed by atoms with van der Waals surface area (Å²) in [6, 6.07) is 0.196. The molecule has 1 aliphatic carbocycles. The topological polar surface area (TPSA) is 72.6 Å². The summed E-state index contributed by atoms with van der Waals surface area (Å²) in [7, 11) is -1.58. The minimum absolute atomic E-state index is 0.0349. The molecule has 0 bridgehead atoms. The molecule has 1 rings (SSSR count). The van der Waals surface area contributed by atoms with Crippen LogP contribution in [0.1, 0.15) is 12.8 Å². The van der Waals surface area contributed by atoms with Gasteiger partial charge in [-0.05, 0) is 12.8 Å². The normalized spacial score (nSPS) is 17.6. The molecule has 2 N–H and O–H groups in total. The van der Waals surface area contributed by atoms with Crippen molar-refractivity contribution in [2.45, 2.75) is 18.9 Å². The molecule has 5 nitrogen and oxygen atoms in total. The van der Waals surface area contributed by atoms with Crippen LogP contribution in [-0.4, -0.2) is 51.3 Å². The van der Waals surface area contributed by atoms with Gasteiger partial charge < -0.3 is 10.5 Å². The predicted molar refractivity (Wildman–Crippen MR) is 54.4 cm³/mol. The molecule has 0 amide bonds. The van der Waals surface area contributed by atoms with Gasteiger partial charge in [0.1, 0.15) is 0 Å². The van der Waals surface area contributed by atoms with Crippen molar-refractivity contribution in [1.29, 1.82) is 0 Å². The first-order valence-electron chi connectivity index (χ1n) is 4.80. The minimum Gasteiger partial charge on any atom is -0.383 e. The third-order valence-electron chi connectivity index (χ3n) is 2.20. The molecule has 0 aromatic carbocycles. The second-order valence-corrected chi connectivity index (χ2v) is 5.48. The molecule has 1 saturated carbocycles. The molecule has 0 heterocycles. The summed E-state index contributed by atoms with van der Waals surface area (Å²) in [6.45, 7) is 1.07. The van der Waals surface area contributed by atoms with Crippen LogP contribution in [-0.2, 0) is 14.8 Å². The summed E-state index contributed by atoms with van der Waals surface area (Å²) < 4.78 is 29.8. The van der Waals surface area contributed by atoms with Gasteiger partial charge >= 0.3 is 0 Å². The molecule has 0 aliphatic heterocycles. The monoisotopic (exact) mass is 222 g/mol. The maximum atomic E-state index is 11.7. The highest BCUT2D eigenvalue weighted by molar-refractivity contribution is 7.89. The molecule has 0 aromatic rings.